The van der Waals surface area contributed by atoms with Crippen LogP contribution in [0.25, 0.3) is 5.70 Å². The molecule has 1 aliphatic heterocycles. The summed E-state index contributed by atoms with van der Waals surface area (Å²) in [5.41, 5.74) is 0.652. The number of halogens is 3. The van der Waals surface area contributed by atoms with Gasteiger partial charge in [-0.3, -0.25) is 10.1 Å². The highest BCUT2D eigenvalue weighted by Crippen LogP contribution is 2.35. The van der Waals surface area contributed by atoms with E-state index in [9.17, 15) is 23.3 Å². The lowest BCUT2D eigenvalue weighted by molar-refractivity contribution is -0.384. The van der Waals surface area contributed by atoms with Crippen LogP contribution in [0.4, 0.5) is 24.8 Å². The van der Waals surface area contributed by atoms with Crippen LogP contribution in [-0.4, -0.2) is 19.7 Å². The first-order chi connectivity index (χ1) is 13.3. The topological polar surface area (TPSA) is 85.9 Å². The van der Waals surface area contributed by atoms with Crippen LogP contribution in [-0.2, 0) is 6.18 Å². The third-order valence-corrected chi connectivity index (χ3v) is 4.35. The number of non-ortho nitro benzene ring substituents is 1. The molecule has 0 spiro atoms. The fraction of sp³-hybridized carbons (Fsp3) is 0.111. The number of nitrogens with zero attached hydrogens (tertiary/aromatic N) is 4. The number of benzene rings is 2. The van der Waals surface area contributed by atoms with Gasteiger partial charge in [-0.15, -0.1) is 0 Å². The quantitative estimate of drug-likeness (QED) is 0.536. The molecule has 28 heavy (non-hydrogen) atoms. The molecule has 10 heteroatoms. The maximum absolute atomic E-state index is 13.0. The number of allylic oxidation sites excluding steroid dienone is 1. The number of nitro groups is 1. The van der Waals surface area contributed by atoms with Crippen molar-refractivity contribution in [3.8, 4) is 0 Å². The molecular weight excluding hydrogens is 375 g/mol. The van der Waals surface area contributed by atoms with E-state index in [2.05, 4.69) is 15.4 Å². The summed E-state index contributed by atoms with van der Waals surface area (Å²) in [6.45, 7) is 0. The summed E-state index contributed by atoms with van der Waals surface area (Å²) in [5, 5.41) is 18.0. The summed E-state index contributed by atoms with van der Waals surface area (Å²) in [6.07, 6.45) is -1.43. The van der Waals surface area contributed by atoms with Crippen LogP contribution >= 0.6 is 0 Å². The summed E-state index contributed by atoms with van der Waals surface area (Å²) in [7, 11) is 0. The summed E-state index contributed by atoms with van der Waals surface area (Å²) in [5.74, 6) is 0.360. The number of aromatic nitrogens is 3. The molecule has 2 aromatic carbocycles. The molecular formula is C18H12F3N5O2. The van der Waals surface area contributed by atoms with Gasteiger partial charge in [-0.05, 0) is 41.5 Å². The van der Waals surface area contributed by atoms with Gasteiger partial charge in [0.2, 0.25) is 5.95 Å². The maximum Gasteiger partial charge on any atom is 0.416 e. The molecule has 0 saturated carbocycles. The van der Waals surface area contributed by atoms with Crippen LogP contribution in [0.1, 0.15) is 22.7 Å². The van der Waals surface area contributed by atoms with Crippen LogP contribution in [0.3, 0.4) is 0 Å². The van der Waals surface area contributed by atoms with Crippen LogP contribution in [0, 0.1) is 10.1 Å². The van der Waals surface area contributed by atoms with E-state index < -0.39 is 22.7 Å². The standard InChI is InChI=1S/C18H12F3N5O2/c19-18(20,21)13-3-1-2-12(8-13)15-9-16(25-17(24-15)22-10-23-25)11-4-6-14(7-5-11)26(27)28/h1-10,16H,(H,22,23,24). The Kier molecular flexibility index (Phi) is 4.10. The van der Waals surface area contributed by atoms with E-state index in [-0.39, 0.29) is 5.69 Å². The molecule has 1 atom stereocenters. The molecule has 1 aromatic heterocycles. The zero-order valence-corrected chi connectivity index (χ0v) is 14.1. The van der Waals surface area contributed by atoms with Gasteiger partial charge in [-0.2, -0.15) is 23.3 Å². The molecule has 142 valence electrons. The molecule has 0 radical (unpaired) electrons. The van der Waals surface area contributed by atoms with Gasteiger partial charge in [-0.25, -0.2) is 4.68 Å². The highest BCUT2D eigenvalue weighted by molar-refractivity contribution is 5.77. The molecule has 1 aliphatic rings. The molecule has 4 rings (SSSR count). The average Bonchev–Trinajstić information content (AvgIpc) is 3.15. The second kappa shape index (κ2) is 6.48. The van der Waals surface area contributed by atoms with Crippen LogP contribution in [0.15, 0.2) is 60.9 Å². The predicted molar refractivity (Wildman–Crippen MR) is 94.3 cm³/mol. The number of anilines is 1. The van der Waals surface area contributed by atoms with Crippen molar-refractivity contribution in [3.63, 3.8) is 0 Å². The van der Waals surface area contributed by atoms with Crippen LogP contribution < -0.4 is 5.32 Å². The van der Waals surface area contributed by atoms with Crippen molar-refractivity contribution in [2.75, 3.05) is 5.32 Å². The average molecular weight is 387 g/mol. The summed E-state index contributed by atoms with van der Waals surface area (Å²) in [6, 6.07) is 10.4. The Labute approximate surface area is 156 Å². The molecule has 7 nitrogen and oxygen atoms in total. The molecule has 1 unspecified atom stereocenters. The Morgan fingerprint density at radius 2 is 1.89 bits per heavy atom. The van der Waals surface area contributed by atoms with Crippen molar-refractivity contribution in [1.29, 1.82) is 0 Å². The van der Waals surface area contributed by atoms with Gasteiger partial charge in [0, 0.05) is 17.8 Å². The minimum absolute atomic E-state index is 0.0569. The molecule has 3 aromatic rings. The maximum atomic E-state index is 13.0. The SMILES string of the molecule is O=[N+]([O-])c1ccc(C2C=C(c3cccc(C(F)(F)F)c3)Nc3ncnn32)cc1. The molecule has 1 N–H and O–H groups in total. The van der Waals surface area contributed by atoms with Crippen molar-refractivity contribution in [2.24, 2.45) is 0 Å². The molecule has 0 amide bonds. The van der Waals surface area contributed by atoms with Crippen LogP contribution in [0.5, 0.6) is 0 Å². The number of hydrogen-bond acceptors (Lipinski definition) is 5. The van der Waals surface area contributed by atoms with Crippen LogP contribution in [0.2, 0.25) is 0 Å². The number of rotatable bonds is 3. The smallest absolute Gasteiger partial charge is 0.324 e. The summed E-state index contributed by atoms with van der Waals surface area (Å²) in [4.78, 5) is 14.5. The summed E-state index contributed by atoms with van der Waals surface area (Å²) >= 11 is 0. The van der Waals surface area contributed by atoms with Crippen molar-refractivity contribution >= 4 is 17.3 Å². The Hall–Kier alpha value is -3.69. The fourth-order valence-corrected chi connectivity index (χ4v) is 3.00. The van der Waals surface area contributed by atoms with E-state index >= 15 is 0 Å². The van der Waals surface area contributed by atoms with E-state index in [1.165, 1.54) is 24.5 Å². The normalized spacial score (nSPS) is 16.1. The Morgan fingerprint density at radius 3 is 2.57 bits per heavy atom. The zero-order valence-electron chi connectivity index (χ0n) is 14.1. The Bertz CT molecular complexity index is 1070. The Morgan fingerprint density at radius 1 is 1.14 bits per heavy atom. The van der Waals surface area contributed by atoms with E-state index in [0.717, 1.165) is 12.1 Å². The largest absolute Gasteiger partial charge is 0.416 e. The number of nitro benzene ring substituents is 1. The van der Waals surface area contributed by atoms with Gasteiger partial charge in [0.05, 0.1) is 10.5 Å². The lowest BCUT2D eigenvalue weighted by Crippen LogP contribution is -2.20. The van der Waals surface area contributed by atoms with E-state index in [0.29, 0.717) is 22.8 Å². The zero-order chi connectivity index (χ0) is 19.9. The van der Waals surface area contributed by atoms with Gasteiger partial charge in [-0.1, -0.05) is 12.1 Å². The van der Waals surface area contributed by atoms with E-state index in [1.54, 1.807) is 29.0 Å². The second-order valence-electron chi connectivity index (χ2n) is 6.11. The molecule has 0 bridgehead atoms. The number of hydrogen-bond donors (Lipinski definition) is 1. The van der Waals surface area contributed by atoms with Gasteiger partial charge in [0.1, 0.15) is 12.4 Å². The molecule has 0 fully saturated rings. The second-order valence-corrected chi connectivity index (χ2v) is 6.11. The van der Waals surface area contributed by atoms with E-state index in [4.69, 9.17) is 0 Å². The van der Waals surface area contributed by atoms with Crippen molar-refractivity contribution in [2.45, 2.75) is 12.2 Å². The molecule has 0 saturated heterocycles. The molecule has 0 aliphatic carbocycles. The predicted octanol–water partition coefficient (Wildman–Crippen LogP) is 4.26. The first kappa shape index (κ1) is 17.7. The third kappa shape index (κ3) is 3.20. The minimum atomic E-state index is -4.46. The first-order valence-electron chi connectivity index (χ1n) is 8.13. The number of nitrogens with one attached hydrogen (secondary N) is 1. The monoisotopic (exact) mass is 387 g/mol. The third-order valence-electron chi connectivity index (χ3n) is 4.35. The lowest BCUT2D eigenvalue weighted by atomic mass is 10.0. The number of alkyl halides is 3. The van der Waals surface area contributed by atoms with Crippen molar-refractivity contribution < 1.29 is 18.1 Å². The first-order valence-corrected chi connectivity index (χ1v) is 8.13. The van der Waals surface area contributed by atoms with Gasteiger partial charge < -0.3 is 5.32 Å². The lowest BCUT2D eigenvalue weighted by Gasteiger charge is -2.24. The van der Waals surface area contributed by atoms with Gasteiger partial charge >= 0.3 is 6.18 Å². The molecule has 2 heterocycles. The van der Waals surface area contributed by atoms with E-state index in [1.807, 2.05) is 0 Å². The van der Waals surface area contributed by atoms with Gasteiger partial charge in [0.25, 0.3) is 5.69 Å². The minimum Gasteiger partial charge on any atom is -0.324 e. The van der Waals surface area contributed by atoms with Crippen molar-refractivity contribution in [3.05, 3.63) is 87.7 Å². The highest BCUT2D eigenvalue weighted by Gasteiger charge is 2.31. The highest BCUT2D eigenvalue weighted by atomic mass is 19.4. The fourth-order valence-electron chi connectivity index (χ4n) is 3.00. The van der Waals surface area contributed by atoms with Gasteiger partial charge in [0.15, 0.2) is 0 Å². The van der Waals surface area contributed by atoms with Crippen molar-refractivity contribution in [1.82, 2.24) is 14.8 Å². The Balaban J connectivity index is 1.77. The number of fused-ring (bicyclic) bond motifs is 1. The summed E-state index contributed by atoms with van der Waals surface area (Å²) < 4.78 is 40.7.